The van der Waals surface area contributed by atoms with Crippen LogP contribution in [0.2, 0.25) is 0 Å². The molecule has 3 rings (SSSR count). The highest BCUT2D eigenvalue weighted by Gasteiger charge is 2.18. The Labute approximate surface area is 139 Å². The van der Waals surface area contributed by atoms with Crippen molar-refractivity contribution in [1.82, 2.24) is 9.97 Å². The standard InChI is InChI=1S/C18H18N2O2S/c1-4-15-11(2)17(14-7-5-6-8-16(14)20-15)18(21)22-9-13-10-23-12(3)19-13/h5-8,10H,4,9H2,1-3H3. The minimum atomic E-state index is -0.318. The van der Waals surface area contributed by atoms with Crippen LogP contribution < -0.4 is 0 Å². The van der Waals surface area contributed by atoms with Crippen molar-refractivity contribution in [2.45, 2.75) is 33.8 Å². The molecule has 23 heavy (non-hydrogen) atoms. The van der Waals surface area contributed by atoms with Gasteiger partial charge in [-0.3, -0.25) is 4.98 Å². The molecule has 0 atom stereocenters. The van der Waals surface area contributed by atoms with Crippen LogP contribution in [-0.2, 0) is 17.8 Å². The number of fused-ring (bicyclic) bond motifs is 1. The van der Waals surface area contributed by atoms with Crippen molar-refractivity contribution in [1.29, 1.82) is 0 Å². The van der Waals surface area contributed by atoms with E-state index >= 15 is 0 Å². The first-order valence-electron chi connectivity index (χ1n) is 7.56. The van der Waals surface area contributed by atoms with E-state index in [1.807, 2.05) is 50.4 Å². The number of aryl methyl sites for hydroxylation is 2. The second-order valence-corrected chi connectivity index (χ2v) is 6.43. The van der Waals surface area contributed by atoms with Crippen molar-refractivity contribution in [3.05, 3.63) is 57.2 Å². The Morgan fingerprint density at radius 1 is 1.22 bits per heavy atom. The molecule has 0 radical (unpaired) electrons. The fourth-order valence-corrected chi connectivity index (χ4v) is 3.25. The minimum absolute atomic E-state index is 0.195. The summed E-state index contributed by atoms with van der Waals surface area (Å²) in [6, 6.07) is 7.68. The van der Waals surface area contributed by atoms with Gasteiger partial charge in [-0.1, -0.05) is 25.1 Å². The molecule has 0 bridgehead atoms. The predicted molar refractivity (Wildman–Crippen MR) is 91.8 cm³/mol. The van der Waals surface area contributed by atoms with Crippen LogP contribution in [0, 0.1) is 13.8 Å². The number of benzene rings is 1. The van der Waals surface area contributed by atoms with Gasteiger partial charge in [0.1, 0.15) is 6.61 Å². The summed E-state index contributed by atoms with van der Waals surface area (Å²) >= 11 is 1.55. The smallest absolute Gasteiger partial charge is 0.339 e. The average Bonchev–Trinajstić information content (AvgIpc) is 2.97. The molecule has 0 spiro atoms. The highest BCUT2D eigenvalue weighted by molar-refractivity contribution is 7.09. The van der Waals surface area contributed by atoms with E-state index in [0.29, 0.717) is 5.56 Å². The van der Waals surface area contributed by atoms with E-state index in [2.05, 4.69) is 9.97 Å². The monoisotopic (exact) mass is 326 g/mol. The molecule has 2 heterocycles. The number of thiazole rings is 1. The zero-order valence-corrected chi connectivity index (χ0v) is 14.2. The lowest BCUT2D eigenvalue weighted by molar-refractivity contribution is 0.0469. The van der Waals surface area contributed by atoms with Gasteiger partial charge in [0.2, 0.25) is 0 Å². The quantitative estimate of drug-likeness (QED) is 0.673. The molecule has 0 N–H and O–H groups in total. The SMILES string of the molecule is CCc1nc2ccccc2c(C(=O)OCc2csc(C)n2)c1C. The number of carbonyl (C=O) groups is 1. The van der Waals surface area contributed by atoms with Crippen molar-refractivity contribution in [3.8, 4) is 0 Å². The molecule has 5 heteroatoms. The summed E-state index contributed by atoms with van der Waals surface area (Å²) < 4.78 is 5.49. The number of pyridine rings is 1. The van der Waals surface area contributed by atoms with Gasteiger partial charge in [-0.05, 0) is 31.9 Å². The maximum absolute atomic E-state index is 12.7. The molecule has 4 nitrogen and oxygen atoms in total. The molecule has 0 aliphatic rings. The van der Waals surface area contributed by atoms with Crippen molar-refractivity contribution >= 4 is 28.2 Å². The molecule has 0 aliphatic heterocycles. The third-order valence-corrected chi connectivity index (χ3v) is 4.62. The van der Waals surface area contributed by atoms with E-state index in [1.54, 1.807) is 11.3 Å². The van der Waals surface area contributed by atoms with E-state index in [-0.39, 0.29) is 12.6 Å². The van der Waals surface area contributed by atoms with Gasteiger partial charge in [-0.15, -0.1) is 11.3 Å². The van der Waals surface area contributed by atoms with Gasteiger partial charge in [0.15, 0.2) is 0 Å². The Kier molecular flexibility index (Phi) is 4.39. The molecular weight excluding hydrogens is 308 g/mol. The number of carbonyl (C=O) groups excluding carboxylic acids is 1. The van der Waals surface area contributed by atoms with Crippen molar-refractivity contribution < 1.29 is 9.53 Å². The second-order valence-electron chi connectivity index (χ2n) is 5.36. The zero-order valence-electron chi connectivity index (χ0n) is 13.4. The van der Waals surface area contributed by atoms with Crippen LogP contribution in [0.25, 0.3) is 10.9 Å². The summed E-state index contributed by atoms with van der Waals surface area (Å²) in [7, 11) is 0. The molecule has 0 saturated carbocycles. The maximum Gasteiger partial charge on any atom is 0.339 e. The Morgan fingerprint density at radius 2 is 2.00 bits per heavy atom. The Balaban J connectivity index is 1.97. The van der Waals surface area contributed by atoms with Gasteiger partial charge in [0.25, 0.3) is 0 Å². The van der Waals surface area contributed by atoms with Crippen molar-refractivity contribution in [3.63, 3.8) is 0 Å². The van der Waals surface area contributed by atoms with Gasteiger partial charge in [-0.25, -0.2) is 9.78 Å². The largest absolute Gasteiger partial charge is 0.456 e. The molecule has 2 aromatic heterocycles. The molecule has 3 aromatic rings. The third-order valence-electron chi connectivity index (χ3n) is 3.79. The second kappa shape index (κ2) is 6.46. The van der Waals surface area contributed by atoms with Gasteiger partial charge < -0.3 is 4.74 Å². The Morgan fingerprint density at radius 3 is 2.70 bits per heavy atom. The average molecular weight is 326 g/mol. The Bertz CT molecular complexity index is 871. The zero-order chi connectivity index (χ0) is 16.4. The lowest BCUT2D eigenvalue weighted by atomic mass is 10.0. The van der Waals surface area contributed by atoms with Crippen LogP contribution in [-0.4, -0.2) is 15.9 Å². The summed E-state index contributed by atoms with van der Waals surface area (Å²) in [5.74, 6) is -0.318. The number of para-hydroxylation sites is 1. The van der Waals surface area contributed by atoms with Crippen molar-refractivity contribution in [2.24, 2.45) is 0 Å². The van der Waals surface area contributed by atoms with Crippen LogP contribution in [0.1, 0.15) is 39.2 Å². The summed E-state index contributed by atoms with van der Waals surface area (Å²) in [5, 5.41) is 3.72. The number of rotatable bonds is 4. The van der Waals surface area contributed by atoms with Crippen LogP contribution in [0.15, 0.2) is 29.6 Å². The Hall–Kier alpha value is -2.27. The molecule has 0 unspecified atom stereocenters. The fraction of sp³-hybridized carbons (Fsp3) is 0.278. The van der Waals surface area contributed by atoms with Crippen molar-refractivity contribution in [2.75, 3.05) is 0 Å². The summed E-state index contributed by atoms with van der Waals surface area (Å²) in [6.45, 7) is 6.10. The maximum atomic E-state index is 12.7. The van der Waals surface area contributed by atoms with E-state index in [1.165, 1.54) is 0 Å². The van der Waals surface area contributed by atoms with E-state index in [9.17, 15) is 4.79 Å². The first kappa shape index (κ1) is 15.6. The van der Waals surface area contributed by atoms with Crippen LogP contribution in [0.3, 0.4) is 0 Å². The van der Waals surface area contributed by atoms with E-state index in [4.69, 9.17) is 4.74 Å². The molecule has 0 amide bonds. The van der Waals surface area contributed by atoms with Gasteiger partial charge >= 0.3 is 5.97 Å². The van der Waals surface area contributed by atoms with Gasteiger partial charge in [0, 0.05) is 16.5 Å². The number of ether oxygens (including phenoxy) is 1. The van der Waals surface area contributed by atoms with Gasteiger partial charge in [0.05, 0.1) is 21.8 Å². The number of aromatic nitrogens is 2. The first-order valence-corrected chi connectivity index (χ1v) is 8.44. The van der Waals surface area contributed by atoms with E-state index < -0.39 is 0 Å². The normalized spacial score (nSPS) is 10.9. The molecule has 0 fully saturated rings. The fourth-order valence-electron chi connectivity index (χ4n) is 2.65. The summed E-state index contributed by atoms with van der Waals surface area (Å²) in [6.07, 6.45) is 0.780. The van der Waals surface area contributed by atoms with Crippen LogP contribution >= 0.6 is 11.3 Å². The molecule has 118 valence electrons. The van der Waals surface area contributed by atoms with Crippen LogP contribution in [0.4, 0.5) is 0 Å². The highest BCUT2D eigenvalue weighted by Crippen LogP contribution is 2.24. The number of nitrogens with zero attached hydrogens (tertiary/aromatic N) is 2. The molecule has 1 aromatic carbocycles. The molecular formula is C18H18N2O2S. The predicted octanol–water partition coefficient (Wildman–Crippen LogP) is 4.23. The topological polar surface area (TPSA) is 52.1 Å². The highest BCUT2D eigenvalue weighted by atomic mass is 32.1. The van der Waals surface area contributed by atoms with E-state index in [0.717, 1.165) is 39.3 Å². The number of esters is 1. The minimum Gasteiger partial charge on any atom is -0.456 e. The van der Waals surface area contributed by atoms with Crippen LogP contribution in [0.5, 0.6) is 0 Å². The van der Waals surface area contributed by atoms with Gasteiger partial charge in [-0.2, -0.15) is 0 Å². The lowest BCUT2D eigenvalue weighted by Crippen LogP contribution is -2.11. The summed E-state index contributed by atoms with van der Waals surface area (Å²) in [4.78, 5) is 21.6. The first-order chi connectivity index (χ1) is 11.1. The molecule has 0 aliphatic carbocycles. The summed E-state index contributed by atoms with van der Waals surface area (Å²) in [5.41, 5.74) is 4.05. The third kappa shape index (κ3) is 3.10. The molecule has 0 saturated heterocycles. The number of hydrogen-bond donors (Lipinski definition) is 0. The number of hydrogen-bond acceptors (Lipinski definition) is 5. The lowest BCUT2D eigenvalue weighted by Gasteiger charge is -2.12.